The molecule has 5 heteroatoms. The molecule has 0 bridgehead atoms. The van der Waals surface area contributed by atoms with Gasteiger partial charge < -0.3 is 10.2 Å². The third-order valence-electron chi connectivity index (χ3n) is 4.02. The molecule has 0 radical (unpaired) electrons. The smallest absolute Gasteiger partial charge is 0.254 e. The summed E-state index contributed by atoms with van der Waals surface area (Å²) in [7, 11) is 4.08. The molecule has 138 valence electrons. The van der Waals surface area contributed by atoms with Crippen molar-refractivity contribution >= 4 is 17.7 Å². The van der Waals surface area contributed by atoms with Crippen molar-refractivity contribution in [2.24, 2.45) is 0 Å². The molecule has 0 atom stereocenters. The average Bonchev–Trinajstić information content (AvgIpc) is 2.68. The molecule has 0 aliphatic heterocycles. The van der Waals surface area contributed by atoms with E-state index in [-0.39, 0.29) is 5.91 Å². The summed E-state index contributed by atoms with van der Waals surface area (Å²) < 4.78 is 0. The maximum atomic E-state index is 12.8. The number of hydrogen-bond acceptors (Lipinski definition) is 4. The molecule has 4 nitrogen and oxygen atoms in total. The summed E-state index contributed by atoms with van der Waals surface area (Å²) in [5.74, 6) is -0.110. The number of aromatic nitrogens is 1. The predicted molar refractivity (Wildman–Crippen MR) is 110 cm³/mol. The second kappa shape index (κ2) is 9.35. The fourth-order valence-corrected chi connectivity index (χ4v) is 3.64. The molecule has 2 aromatic carbocycles. The maximum Gasteiger partial charge on any atom is 0.254 e. The number of pyridine rings is 1. The lowest BCUT2D eigenvalue weighted by Crippen LogP contribution is -2.25. The predicted octanol–water partition coefficient (Wildman–Crippen LogP) is 4.22. The van der Waals surface area contributed by atoms with Gasteiger partial charge in [-0.25, -0.2) is 4.98 Å². The molecule has 27 heavy (non-hydrogen) atoms. The molecule has 0 spiro atoms. The Kier molecular flexibility index (Phi) is 6.63. The van der Waals surface area contributed by atoms with E-state index in [1.807, 2.05) is 62.6 Å². The van der Waals surface area contributed by atoms with Crippen molar-refractivity contribution in [3.05, 3.63) is 89.6 Å². The number of benzene rings is 2. The van der Waals surface area contributed by atoms with Crippen LogP contribution in [-0.2, 0) is 13.1 Å². The van der Waals surface area contributed by atoms with Gasteiger partial charge in [-0.1, -0.05) is 54.2 Å². The number of carbonyl (C=O) groups is 1. The van der Waals surface area contributed by atoms with Crippen molar-refractivity contribution in [1.82, 2.24) is 15.2 Å². The molecule has 0 saturated carbocycles. The van der Waals surface area contributed by atoms with E-state index in [1.165, 1.54) is 17.3 Å². The van der Waals surface area contributed by atoms with Crippen LogP contribution < -0.4 is 5.32 Å². The van der Waals surface area contributed by atoms with E-state index >= 15 is 0 Å². The average molecular weight is 378 g/mol. The lowest BCUT2D eigenvalue weighted by molar-refractivity contribution is 0.0947. The van der Waals surface area contributed by atoms with Crippen molar-refractivity contribution < 1.29 is 4.79 Å². The summed E-state index contributed by atoms with van der Waals surface area (Å²) in [6, 6.07) is 21.8. The highest BCUT2D eigenvalue weighted by molar-refractivity contribution is 7.99. The van der Waals surface area contributed by atoms with E-state index in [4.69, 9.17) is 0 Å². The monoisotopic (exact) mass is 377 g/mol. The molecule has 1 heterocycles. The van der Waals surface area contributed by atoms with Crippen LogP contribution in [0.3, 0.4) is 0 Å². The quantitative estimate of drug-likeness (QED) is 0.669. The number of amides is 1. The molecule has 0 fully saturated rings. The molecule has 3 aromatic rings. The van der Waals surface area contributed by atoms with Gasteiger partial charge in [-0.05, 0) is 49.5 Å². The highest BCUT2D eigenvalue weighted by Gasteiger charge is 2.14. The van der Waals surface area contributed by atoms with E-state index in [1.54, 1.807) is 12.3 Å². The highest BCUT2D eigenvalue weighted by Crippen LogP contribution is 2.28. The lowest BCUT2D eigenvalue weighted by atomic mass is 10.1. The summed E-state index contributed by atoms with van der Waals surface area (Å²) in [5, 5.41) is 3.76. The largest absolute Gasteiger partial charge is 0.348 e. The topological polar surface area (TPSA) is 45.2 Å². The fourth-order valence-electron chi connectivity index (χ4n) is 2.74. The van der Waals surface area contributed by atoms with Crippen molar-refractivity contribution in [3.8, 4) is 0 Å². The zero-order valence-corrected chi connectivity index (χ0v) is 16.4. The Bertz CT molecular complexity index is 897. The van der Waals surface area contributed by atoms with Crippen molar-refractivity contribution in [3.63, 3.8) is 0 Å². The summed E-state index contributed by atoms with van der Waals surface area (Å²) in [5.41, 5.74) is 2.94. The van der Waals surface area contributed by atoms with Crippen LogP contribution in [0, 0.1) is 0 Å². The Morgan fingerprint density at radius 3 is 2.41 bits per heavy atom. The summed E-state index contributed by atoms with van der Waals surface area (Å²) >= 11 is 1.50. The van der Waals surface area contributed by atoms with Crippen LogP contribution in [0.1, 0.15) is 21.5 Å². The standard InChI is InChI=1S/C22H23N3OS/c1-25(2)16-18-10-7-6-9-17(18)15-24-21(26)20-13-8-14-23-22(20)27-19-11-4-3-5-12-19/h3-14H,15-16H2,1-2H3,(H,24,26). The first-order valence-electron chi connectivity index (χ1n) is 8.81. The van der Waals surface area contributed by atoms with Crippen LogP contribution in [0.15, 0.2) is 82.8 Å². The Morgan fingerprint density at radius 2 is 1.67 bits per heavy atom. The van der Waals surface area contributed by atoms with Gasteiger partial charge in [-0.3, -0.25) is 4.79 Å². The first-order chi connectivity index (χ1) is 13.1. The van der Waals surface area contributed by atoms with Crippen molar-refractivity contribution in [1.29, 1.82) is 0 Å². The van der Waals surface area contributed by atoms with Crippen LogP contribution >= 0.6 is 11.8 Å². The van der Waals surface area contributed by atoms with Gasteiger partial charge in [0.2, 0.25) is 0 Å². The third-order valence-corrected chi connectivity index (χ3v) is 5.04. The number of carbonyl (C=O) groups excluding carboxylic acids is 1. The minimum atomic E-state index is -0.110. The molecule has 0 aliphatic rings. The molecule has 1 aromatic heterocycles. The van der Waals surface area contributed by atoms with Gasteiger partial charge in [0.1, 0.15) is 5.03 Å². The van der Waals surface area contributed by atoms with E-state index in [0.29, 0.717) is 17.1 Å². The minimum Gasteiger partial charge on any atom is -0.348 e. The number of hydrogen-bond donors (Lipinski definition) is 1. The Labute approximate surface area is 164 Å². The van der Waals surface area contributed by atoms with Gasteiger partial charge in [-0.2, -0.15) is 0 Å². The number of nitrogens with zero attached hydrogens (tertiary/aromatic N) is 2. The number of rotatable bonds is 7. The summed E-state index contributed by atoms with van der Waals surface area (Å²) in [4.78, 5) is 20.4. The van der Waals surface area contributed by atoms with Crippen molar-refractivity contribution in [2.45, 2.75) is 23.0 Å². The van der Waals surface area contributed by atoms with Gasteiger partial charge in [0.25, 0.3) is 5.91 Å². The Morgan fingerprint density at radius 1 is 0.963 bits per heavy atom. The molecule has 1 N–H and O–H groups in total. The first-order valence-corrected chi connectivity index (χ1v) is 9.63. The molecular weight excluding hydrogens is 354 g/mol. The number of nitrogens with one attached hydrogen (secondary N) is 1. The van der Waals surface area contributed by atoms with Gasteiger partial charge in [0.15, 0.2) is 0 Å². The molecule has 0 unspecified atom stereocenters. The van der Waals surface area contributed by atoms with Crippen LogP contribution in [0.25, 0.3) is 0 Å². The zero-order valence-electron chi connectivity index (χ0n) is 15.6. The molecule has 0 saturated heterocycles. The lowest BCUT2D eigenvalue weighted by Gasteiger charge is -2.15. The second-order valence-corrected chi connectivity index (χ2v) is 7.52. The van der Waals surface area contributed by atoms with Gasteiger partial charge in [0, 0.05) is 24.2 Å². The van der Waals surface area contributed by atoms with Crippen molar-refractivity contribution in [2.75, 3.05) is 14.1 Å². The first kappa shape index (κ1) is 19.1. The summed E-state index contributed by atoms with van der Waals surface area (Å²) in [6.07, 6.45) is 1.72. The molecule has 3 rings (SSSR count). The zero-order chi connectivity index (χ0) is 19.1. The SMILES string of the molecule is CN(C)Cc1ccccc1CNC(=O)c1cccnc1Sc1ccccc1. The second-order valence-electron chi connectivity index (χ2n) is 6.46. The van der Waals surface area contributed by atoms with Crippen LogP contribution in [-0.4, -0.2) is 29.9 Å². The van der Waals surface area contributed by atoms with E-state index in [9.17, 15) is 4.79 Å². The van der Waals surface area contributed by atoms with Crippen LogP contribution in [0.4, 0.5) is 0 Å². The normalized spacial score (nSPS) is 10.8. The molecular formula is C22H23N3OS. The van der Waals surface area contributed by atoms with Gasteiger partial charge >= 0.3 is 0 Å². The van der Waals surface area contributed by atoms with E-state index in [0.717, 1.165) is 17.0 Å². The minimum absolute atomic E-state index is 0.110. The molecule has 0 aliphatic carbocycles. The Balaban J connectivity index is 1.72. The Hall–Kier alpha value is -2.63. The van der Waals surface area contributed by atoms with Crippen LogP contribution in [0.5, 0.6) is 0 Å². The van der Waals surface area contributed by atoms with E-state index < -0.39 is 0 Å². The van der Waals surface area contributed by atoms with E-state index in [2.05, 4.69) is 27.3 Å². The maximum absolute atomic E-state index is 12.8. The highest BCUT2D eigenvalue weighted by atomic mass is 32.2. The summed E-state index contributed by atoms with van der Waals surface area (Å²) in [6.45, 7) is 1.33. The third kappa shape index (κ3) is 5.42. The fraction of sp³-hybridized carbons (Fsp3) is 0.182. The van der Waals surface area contributed by atoms with Gasteiger partial charge in [-0.15, -0.1) is 0 Å². The molecule has 1 amide bonds. The van der Waals surface area contributed by atoms with Gasteiger partial charge in [0.05, 0.1) is 5.56 Å². The van der Waals surface area contributed by atoms with Crippen LogP contribution in [0.2, 0.25) is 0 Å².